The van der Waals surface area contributed by atoms with Gasteiger partial charge in [0.05, 0.1) is 18.4 Å². The summed E-state index contributed by atoms with van der Waals surface area (Å²) in [4.78, 5) is 0. The molecule has 0 amide bonds. The zero-order valence-electron chi connectivity index (χ0n) is 13.4. The molecule has 2 aromatic rings. The number of para-hydroxylation sites is 1. The van der Waals surface area contributed by atoms with E-state index < -0.39 is 10.0 Å². The number of sulfonamides is 1. The van der Waals surface area contributed by atoms with Crippen LogP contribution in [0.1, 0.15) is 29.2 Å². The number of hydrogen-bond acceptors (Lipinski definition) is 3. The number of rotatable bonds is 4. The summed E-state index contributed by atoms with van der Waals surface area (Å²) in [7, 11) is -1.73. The van der Waals surface area contributed by atoms with Gasteiger partial charge in [0.25, 0.3) is 0 Å². The van der Waals surface area contributed by atoms with E-state index in [0.717, 1.165) is 22.4 Å². The van der Waals surface area contributed by atoms with Crippen molar-refractivity contribution in [1.29, 1.82) is 0 Å². The highest BCUT2D eigenvalue weighted by atomic mass is 32.2. The Hall–Kier alpha value is -1.85. The van der Waals surface area contributed by atoms with Crippen LogP contribution in [-0.2, 0) is 15.8 Å². The van der Waals surface area contributed by atoms with Gasteiger partial charge in [0.1, 0.15) is 5.75 Å². The Morgan fingerprint density at radius 3 is 2.57 bits per heavy atom. The Labute approximate surface area is 137 Å². The van der Waals surface area contributed by atoms with Gasteiger partial charge < -0.3 is 4.74 Å². The molecule has 0 saturated heterocycles. The lowest BCUT2D eigenvalue weighted by Crippen LogP contribution is -2.35. The molecule has 0 aliphatic carbocycles. The molecule has 5 heteroatoms. The molecular weight excluding hydrogens is 310 g/mol. The Morgan fingerprint density at radius 2 is 1.83 bits per heavy atom. The number of fused-ring (bicyclic) bond motifs is 1. The first-order chi connectivity index (χ1) is 11.0. The highest BCUT2D eigenvalue weighted by Crippen LogP contribution is 2.36. The van der Waals surface area contributed by atoms with E-state index in [9.17, 15) is 8.42 Å². The number of ether oxygens (including phenoxy) is 1. The molecule has 1 unspecified atom stereocenters. The molecule has 4 nitrogen and oxygen atoms in total. The van der Waals surface area contributed by atoms with E-state index in [1.54, 1.807) is 7.05 Å². The largest absolute Gasteiger partial charge is 0.493 e. The maximum absolute atomic E-state index is 12.8. The van der Waals surface area contributed by atoms with Crippen LogP contribution in [0.3, 0.4) is 0 Å². The summed E-state index contributed by atoms with van der Waals surface area (Å²) < 4.78 is 32.7. The maximum atomic E-state index is 12.8. The molecule has 23 heavy (non-hydrogen) atoms. The summed E-state index contributed by atoms with van der Waals surface area (Å²) in [5.74, 6) is 0.796. The normalized spacial score (nSPS) is 17.6. The van der Waals surface area contributed by atoms with E-state index in [0.29, 0.717) is 13.0 Å². The zero-order valence-corrected chi connectivity index (χ0v) is 14.2. The molecule has 0 radical (unpaired) electrons. The Morgan fingerprint density at radius 1 is 1.13 bits per heavy atom. The molecule has 0 fully saturated rings. The van der Waals surface area contributed by atoms with Gasteiger partial charge in [0.2, 0.25) is 10.0 Å². The van der Waals surface area contributed by atoms with Crippen LogP contribution in [0.4, 0.5) is 0 Å². The number of hydrogen-bond donors (Lipinski definition) is 0. The Bertz CT molecular complexity index is 784. The quantitative estimate of drug-likeness (QED) is 0.864. The van der Waals surface area contributed by atoms with Gasteiger partial charge in [0, 0.05) is 19.0 Å². The standard InChI is InChI=1S/C18H21NO3S/c1-14-7-9-15(10-8-14)13-23(20,21)19(2)17-11-12-22-18-6-4-3-5-16(17)18/h3-10,17H,11-13H2,1-2H3. The van der Waals surface area contributed by atoms with Gasteiger partial charge >= 0.3 is 0 Å². The van der Waals surface area contributed by atoms with E-state index in [2.05, 4.69) is 0 Å². The van der Waals surface area contributed by atoms with Crippen LogP contribution in [0, 0.1) is 6.92 Å². The lowest BCUT2D eigenvalue weighted by Gasteiger charge is -2.32. The van der Waals surface area contributed by atoms with E-state index in [1.165, 1.54) is 4.31 Å². The molecule has 1 atom stereocenters. The van der Waals surface area contributed by atoms with Crippen molar-refractivity contribution in [3.8, 4) is 5.75 Å². The third kappa shape index (κ3) is 3.41. The van der Waals surface area contributed by atoms with Crippen molar-refractivity contribution in [3.05, 3.63) is 65.2 Å². The molecule has 1 aliphatic heterocycles. The molecule has 122 valence electrons. The molecule has 0 aromatic heterocycles. The second kappa shape index (κ2) is 6.34. The predicted octanol–water partition coefficient (Wildman–Crippen LogP) is 3.28. The van der Waals surface area contributed by atoms with Crippen molar-refractivity contribution in [2.75, 3.05) is 13.7 Å². The van der Waals surface area contributed by atoms with Crippen LogP contribution in [0.25, 0.3) is 0 Å². The number of benzene rings is 2. The van der Waals surface area contributed by atoms with Crippen molar-refractivity contribution in [3.63, 3.8) is 0 Å². The van der Waals surface area contributed by atoms with E-state index in [4.69, 9.17) is 4.74 Å². The van der Waals surface area contributed by atoms with Gasteiger partial charge in [-0.15, -0.1) is 0 Å². The van der Waals surface area contributed by atoms with Gasteiger partial charge in [-0.3, -0.25) is 0 Å². The summed E-state index contributed by atoms with van der Waals surface area (Å²) >= 11 is 0. The molecule has 0 spiro atoms. The average Bonchev–Trinajstić information content (AvgIpc) is 2.55. The molecule has 0 N–H and O–H groups in total. The molecule has 0 saturated carbocycles. The van der Waals surface area contributed by atoms with Crippen molar-refractivity contribution in [2.45, 2.75) is 25.1 Å². The van der Waals surface area contributed by atoms with Crippen LogP contribution in [0.15, 0.2) is 48.5 Å². The van der Waals surface area contributed by atoms with Crippen LogP contribution in [0.5, 0.6) is 5.75 Å². The van der Waals surface area contributed by atoms with E-state index in [1.807, 2.05) is 55.5 Å². The fourth-order valence-corrected chi connectivity index (χ4v) is 4.32. The second-order valence-electron chi connectivity index (χ2n) is 5.95. The minimum atomic E-state index is -3.39. The van der Waals surface area contributed by atoms with Crippen LogP contribution in [-0.4, -0.2) is 26.4 Å². The fraction of sp³-hybridized carbons (Fsp3) is 0.333. The van der Waals surface area contributed by atoms with E-state index in [-0.39, 0.29) is 11.8 Å². The first-order valence-electron chi connectivity index (χ1n) is 7.70. The third-order valence-electron chi connectivity index (χ3n) is 4.27. The summed E-state index contributed by atoms with van der Waals surface area (Å²) in [6.45, 7) is 2.52. The Kier molecular flexibility index (Phi) is 4.41. The molecule has 3 rings (SSSR count). The minimum Gasteiger partial charge on any atom is -0.493 e. The minimum absolute atomic E-state index is 0.0172. The van der Waals surface area contributed by atoms with Crippen molar-refractivity contribution in [1.82, 2.24) is 4.31 Å². The van der Waals surface area contributed by atoms with E-state index >= 15 is 0 Å². The van der Waals surface area contributed by atoms with Crippen LogP contribution in [0.2, 0.25) is 0 Å². The molecule has 1 aliphatic rings. The highest BCUT2D eigenvalue weighted by Gasteiger charge is 2.31. The summed E-state index contributed by atoms with van der Waals surface area (Å²) in [6.07, 6.45) is 0.667. The first kappa shape index (κ1) is 16.0. The predicted molar refractivity (Wildman–Crippen MR) is 90.9 cm³/mol. The first-order valence-corrected chi connectivity index (χ1v) is 9.31. The van der Waals surface area contributed by atoms with Crippen LogP contribution >= 0.6 is 0 Å². The average molecular weight is 331 g/mol. The zero-order chi connectivity index (χ0) is 16.4. The van der Waals surface area contributed by atoms with Gasteiger partial charge in [-0.2, -0.15) is 4.31 Å². The summed E-state index contributed by atoms with van der Waals surface area (Å²) in [6, 6.07) is 15.1. The molecular formula is C18H21NO3S. The maximum Gasteiger partial charge on any atom is 0.218 e. The molecule has 2 aromatic carbocycles. The van der Waals surface area contributed by atoms with Gasteiger partial charge in [0.15, 0.2) is 0 Å². The van der Waals surface area contributed by atoms with Crippen molar-refractivity contribution in [2.24, 2.45) is 0 Å². The lowest BCUT2D eigenvalue weighted by molar-refractivity contribution is 0.220. The smallest absolute Gasteiger partial charge is 0.218 e. The molecule has 1 heterocycles. The second-order valence-corrected chi connectivity index (χ2v) is 7.98. The van der Waals surface area contributed by atoms with Crippen LogP contribution < -0.4 is 4.74 Å². The topological polar surface area (TPSA) is 46.6 Å². The van der Waals surface area contributed by atoms with Crippen molar-refractivity contribution >= 4 is 10.0 Å². The SMILES string of the molecule is Cc1ccc(CS(=O)(=O)N(C)C2CCOc3ccccc32)cc1. The van der Waals surface area contributed by atoms with Crippen molar-refractivity contribution < 1.29 is 13.2 Å². The molecule has 0 bridgehead atoms. The van der Waals surface area contributed by atoms with Gasteiger partial charge in [-0.05, 0) is 18.6 Å². The van der Waals surface area contributed by atoms with Gasteiger partial charge in [-0.25, -0.2) is 8.42 Å². The summed E-state index contributed by atoms with van der Waals surface area (Å²) in [5.41, 5.74) is 2.87. The monoisotopic (exact) mass is 331 g/mol. The number of nitrogens with zero attached hydrogens (tertiary/aromatic N) is 1. The summed E-state index contributed by atoms with van der Waals surface area (Å²) in [5, 5.41) is 0. The third-order valence-corrected chi connectivity index (χ3v) is 6.10. The Balaban J connectivity index is 1.84. The van der Waals surface area contributed by atoms with Gasteiger partial charge in [-0.1, -0.05) is 48.0 Å². The highest BCUT2D eigenvalue weighted by molar-refractivity contribution is 7.88. The fourth-order valence-electron chi connectivity index (χ4n) is 2.89. The lowest BCUT2D eigenvalue weighted by atomic mass is 10.0. The number of aryl methyl sites for hydroxylation is 1.